The third-order valence-corrected chi connectivity index (χ3v) is 4.19. The van der Waals surface area contributed by atoms with E-state index in [0.29, 0.717) is 23.7 Å². The quantitative estimate of drug-likeness (QED) is 0.745. The third kappa shape index (κ3) is 4.87. The van der Waals surface area contributed by atoms with Crippen molar-refractivity contribution in [1.29, 1.82) is 0 Å². The molecule has 1 N–H and O–H groups in total. The molecule has 1 aromatic heterocycles. The van der Waals surface area contributed by atoms with Crippen molar-refractivity contribution in [2.24, 2.45) is 5.92 Å². The second-order valence-corrected chi connectivity index (χ2v) is 6.14. The summed E-state index contributed by atoms with van der Waals surface area (Å²) in [6.45, 7) is 0.153. The lowest BCUT2D eigenvalue weighted by molar-refractivity contribution is -0.151. The average molecular weight is 372 g/mol. The maximum atomic E-state index is 12.2. The highest BCUT2D eigenvalue weighted by atomic mass is 16.5. The number of likely N-dealkylation sites (tertiary alicyclic amines) is 1. The average Bonchev–Trinajstić information content (AvgIpc) is 3.31. The number of ether oxygens (including phenoxy) is 2. The van der Waals surface area contributed by atoms with Crippen molar-refractivity contribution >= 4 is 23.5 Å². The number of nitrogens with zero attached hydrogens (tertiary/aromatic N) is 1. The molecule has 1 aromatic carbocycles. The van der Waals surface area contributed by atoms with E-state index in [-0.39, 0.29) is 18.9 Å². The van der Waals surface area contributed by atoms with E-state index in [0.717, 1.165) is 0 Å². The van der Waals surface area contributed by atoms with Gasteiger partial charge in [-0.1, -0.05) is 0 Å². The number of furan rings is 1. The van der Waals surface area contributed by atoms with Crippen molar-refractivity contribution in [2.75, 3.05) is 25.6 Å². The van der Waals surface area contributed by atoms with Crippen LogP contribution in [0.25, 0.3) is 0 Å². The first kappa shape index (κ1) is 18.5. The van der Waals surface area contributed by atoms with Crippen molar-refractivity contribution in [3.63, 3.8) is 0 Å². The Hall–Kier alpha value is -3.29. The molecule has 2 heterocycles. The number of hydrogen-bond donors (Lipinski definition) is 1. The number of carbonyl (C=O) groups excluding carboxylic acids is 3. The largest absolute Gasteiger partial charge is 0.497 e. The van der Waals surface area contributed by atoms with Gasteiger partial charge in [-0.05, 0) is 36.4 Å². The van der Waals surface area contributed by atoms with Crippen molar-refractivity contribution in [3.8, 4) is 5.75 Å². The Labute approximate surface area is 156 Å². The monoisotopic (exact) mass is 372 g/mol. The van der Waals surface area contributed by atoms with E-state index in [2.05, 4.69) is 5.32 Å². The van der Waals surface area contributed by atoms with E-state index in [4.69, 9.17) is 13.9 Å². The number of anilines is 1. The van der Waals surface area contributed by atoms with Gasteiger partial charge in [0, 0.05) is 18.7 Å². The molecule has 1 fully saturated rings. The predicted molar refractivity (Wildman–Crippen MR) is 94.8 cm³/mol. The first-order chi connectivity index (χ1) is 13.0. The fourth-order valence-corrected chi connectivity index (χ4v) is 2.80. The number of carbonyl (C=O) groups is 3. The molecule has 0 unspecified atom stereocenters. The number of benzene rings is 1. The number of amides is 2. The van der Waals surface area contributed by atoms with Gasteiger partial charge >= 0.3 is 5.97 Å². The Morgan fingerprint density at radius 2 is 2.04 bits per heavy atom. The van der Waals surface area contributed by atoms with Crippen LogP contribution in [0.2, 0.25) is 0 Å². The van der Waals surface area contributed by atoms with Crippen LogP contribution in [0.4, 0.5) is 5.69 Å². The van der Waals surface area contributed by atoms with Crippen molar-refractivity contribution < 1.29 is 28.3 Å². The highest BCUT2D eigenvalue weighted by molar-refractivity contribution is 5.93. The lowest BCUT2D eigenvalue weighted by atomic mass is 10.1. The fraction of sp³-hybridized carbons (Fsp3) is 0.316. The van der Waals surface area contributed by atoms with Gasteiger partial charge in [0.15, 0.2) is 6.61 Å². The molecule has 1 atom stereocenters. The Morgan fingerprint density at radius 1 is 1.26 bits per heavy atom. The second kappa shape index (κ2) is 8.39. The van der Waals surface area contributed by atoms with Gasteiger partial charge in [-0.15, -0.1) is 0 Å². The Morgan fingerprint density at radius 3 is 2.70 bits per heavy atom. The maximum Gasteiger partial charge on any atom is 0.311 e. The minimum Gasteiger partial charge on any atom is -0.497 e. The van der Waals surface area contributed by atoms with E-state index in [1.165, 1.54) is 6.26 Å². The normalized spacial score (nSPS) is 16.3. The SMILES string of the molecule is COc1ccc(NC(=O)COC(=O)[C@@H]2CC(=O)N(Cc3ccco3)C2)cc1. The molecule has 142 valence electrons. The van der Waals surface area contributed by atoms with Crippen LogP contribution in [-0.4, -0.2) is 42.9 Å². The Kier molecular flexibility index (Phi) is 5.75. The van der Waals surface area contributed by atoms with Gasteiger partial charge in [0.2, 0.25) is 5.91 Å². The first-order valence-corrected chi connectivity index (χ1v) is 8.46. The summed E-state index contributed by atoms with van der Waals surface area (Å²) in [7, 11) is 1.55. The number of esters is 1. The smallest absolute Gasteiger partial charge is 0.311 e. The number of hydrogen-bond acceptors (Lipinski definition) is 6. The molecule has 0 aliphatic carbocycles. The molecule has 8 nitrogen and oxygen atoms in total. The topological polar surface area (TPSA) is 98.1 Å². The molecular formula is C19H20N2O6. The van der Waals surface area contributed by atoms with Crippen LogP contribution in [0, 0.1) is 5.92 Å². The summed E-state index contributed by atoms with van der Waals surface area (Å²) in [5.41, 5.74) is 0.567. The number of methoxy groups -OCH3 is 1. The zero-order chi connectivity index (χ0) is 19.2. The van der Waals surface area contributed by atoms with Gasteiger partial charge in [-0.2, -0.15) is 0 Å². The van der Waals surface area contributed by atoms with E-state index in [9.17, 15) is 14.4 Å². The molecule has 27 heavy (non-hydrogen) atoms. The van der Waals surface area contributed by atoms with Crippen molar-refractivity contribution in [3.05, 3.63) is 48.4 Å². The molecule has 0 bridgehead atoms. The summed E-state index contributed by atoms with van der Waals surface area (Å²) in [6.07, 6.45) is 1.60. The predicted octanol–water partition coefficient (Wildman–Crippen LogP) is 1.82. The van der Waals surface area contributed by atoms with Crippen LogP contribution < -0.4 is 10.1 Å². The Bertz CT molecular complexity index is 800. The molecule has 0 spiro atoms. The van der Waals surface area contributed by atoms with Gasteiger partial charge in [-0.3, -0.25) is 14.4 Å². The van der Waals surface area contributed by atoms with Gasteiger partial charge in [0.05, 0.1) is 25.8 Å². The van der Waals surface area contributed by atoms with Gasteiger partial charge in [0.25, 0.3) is 5.91 Å². The van der Waals surface area contributed by atoms with Crippen molar-refractivity contribution in [1.82, 2.24) is 4.90 Å². The highest BCUT2D eigenvalue weighted by Crippen LogP contribution is 2.21. The molecule has 0 radical (unpaired) electrons. The third-order valence-electron chi connectivity index (χ3n) is 4.19. The molecule has 1 aliphatic rings. The van der Waals surface area contributed by atoms with E-state index in [1.54, 1.807) is 48.4 Å². The van der Waals surface area contributed by atoms with Gasteiger partial charge in [-0.25, -0.2) is 0 Å². The summed E-state index contributed by atoms with van der Waals surface area (Å²) in [5, 5.41) is 2.62. The lowest BCUT2D eigenvalue weighted by Crippen LogP contribution is -2.28. The van der Waals surface area contributed by atoms with E-state index < -0.39 is 24.4 Å². The summed E-state index contributed by atoms with van der Waals surface area (Å²) in [4.78, 5) is 37.7. The highest BCUT2D eigenvalue weighted by Gasteiger charge is 2.35. The summed E-state index contributed by atoms with van der Waals surface area (Å²) >= 11 is 0. The van der Waals surface area contributed by atoms with Crippen LogP contribution >= 0.6 is 0 Å². The molecule has 3 rings (SSSR count). The van der Waals surface area contributed by atoms with Crippen LogP contribution in [0.1, 0.15) is 12.2 Å². The van der Waals surface area contributed by atoms with E-state index in [1.807, 2.05) is 0 Å². The standard InChI is InChI=1S/C19H20N2O6/c1-25-15-6-4-14(5-7-15)20-17(22)12-27-19(24)13-9-18(23)21(10-13)11-16-3-2-8-26-16/h2-8,13H,9-12H2,1H3,(H,20,22)/t13-/m1/s1. The number of nitrogens with one attached hydrogen (secondary N) is 1. The van der Waals surface area contributed by atoms with Crippen LogP contribution in [0.5, 0.6) is 5.75 Å². The molecule has 2 amide bonds. The molecule has 1 aliphatic heterocycles. The minimum absolute atomic E-state index is 0.0691. The summed E-state index contributed by atoms with van der Waals surface area (Å²) in [5.74, 6) is -0.418. The number of rotatable bonds is 7. The van der Waals surface area contributed by atoms with Crippen LogP contribution in [-0.2, 0) is 25.7 Å². The van der Waals surface area contributed by atoms with Crippen LogP contribution in [0.15, 0.2) is 47.1 Å². The molecule has 0 saturated carbocycles. The van der Waals surface area contributed by atoms with Crippen molar-refractivity contribution in [2.45, 2.75) is 13.0 Å². The lowest BCUT2D eigenvalue weighted by Gasteiger charge is -2.14. The zero-order valence-corrected chi connectivity index (χ0v) is 14.8. The molecular weight excluding hydrogens is 352 g/mol. The maximum absolute atomic E-state index is 12.2. The van der Waals surface area contributed by atoms with Gasteiger partial charge in [0.1, 0.15) is 11.5 Å². The second-order valence-electron chi connectivity index (χ2n) is 6.14. The summed E-state index contributed by atoms with van der Waals surface area (Å²) < 4.78 is 15.3. The molecule has 1 saturated heterocycles. The molecule has 8 heteroatoms. The molecule has 2 aromatic rings. The van der Waals surface area contributed by atoms with E-state index >= 15 is 0 Å². The Balaban J connectivity index is 1.44. The van der Waals surface area contributed by atoms with Gasteiger partial charge < -0.3 is 24.1 Å². The minimum atomic E-state index is -0.582. The zero-order valence-electron chi connectivity index (χ0n) is 14.8. The van der Waals surface area contributed by atoms with Crippen LogP contribution in [0.3, 0.4) is 0 Å². The fourth-order valence-electron chi connectivity index (χ4n) is 2.80. The first-order valence-electron chi connectivity index (χ1n) is 8.46. The summed E-state index contributed by atoms with van der Waals surface area (Å²) in [6, 6.07) is 10.3.